The molecule has 5 nitrogen and oxygen atoms in total. The number of hydrogen-bond acceptors (Lipinski definition) is 3. The smallest absolute Gasteiger partial charge is 0.305 e. The van der Waals surface area contributed by atoms with Gasteiger partial charge in [-0.05, 0) is 18.1 Å². The summed E-state index contributed by atoms with van der Waals surface area (Å²) >= 11 is 0. The maximum atomic E-state index is 12.2. The third-order valence-electron chi connectivity index (χ3n) is 3.41. The largest absolute Gasteiger partial charge is 0.481 e. The average Bonchev–Trinajstić information content (AvgIpc) is 2.81. The molecular formula is C14H18N2O3. The van der Waals surface area contributed by atoms with E-state index in [1.807, 2.05) is 31.2 Å². The molecule has 1 amide bonds. The Morgan fingerprint density at radius 2 is 2.21 bits per heavy atom. The van der Waals surface area contributed by atoms with Crippen molar-refractivity contribution in [3.8, 4) is 0 Å². The molecule has 0 saturated heterocycles. The Kier molecular flexibility index (Phi) is 4.04. The molecule has 0 bridgehead atoms. The number of para-hydroxylation sites is 1. The second kappa shape index (κ2) is 5.73. The minimum atomic E-state index is -0.892. The third kappa shape index (κ3) is 3.05. The summed E-state index contributed by atoms with van der Waals surface area (Å²) < 4.78 is 0. The zero-order chi connectivity index (χ0) is 13.8. The molecule has 0 spiro atoms. The first kappa shape index (κ1) is 13.4. The van der Waals surface area contributed by atoms with E-state index in [1.165, 1.54) is 0 Å². The summed E-state index contributed by atoms with van der Waals surface area (Å²) in [5.74, 6) is -1.23. The molecule has 2 atom stereocenters. The summed E-state index contributed by atoms with van der Waals surface area (Å²) in [5, 5.41) is 14.8. The van der Waals surface area contributed by atoms with Crippen LogP contribution < -0.4 is 10.6 Å². The number of carboxylic acids is 1. The van der Waals surface area contributed by atoms with Gasteiger partial charge in [-0.15, -0.1) is 0 Å². The maximum absolute atomic E-state index is 12.2. The zero-order valence-electron chi connectivity index (χ0n) is 10.8. The first-order valence-electron chi connectivity index (χ1n) is 6.46. The number of carbonyl (C=O) groups is 2. The molecule has 1 heterocycles. The van der Waals surface area contributed by atoms with E-state index < -0.39 is 5.97 Å². The van der Waals surface area contributed by atoms with E-state index >= 15 is 0 Å². The summed E-state index contributed by atoms with van der Waals surface area (Å²) in [6.45, 7) is 2.43. The second-order valence-corrected chi connectivity index (χ2v) is 4.73. The van der Waals surface area contributed by atoms with Crippen LogP contribution in [0.15, 0.2) is 24.3 Å². The van der Waals surface area contributed by atoms with Crippen molar-refractivity contribution in [3.05, 3.63) is 29.8 Å². The van der Waals surface area contributed by atoms with Gasteiger partial charge in [0.1, 0.15) is 0 Å². The normalized spacial score (nSPS) is 18.3. The minimum absolute atomic E-state index is 0.0377. The summed E-state index contributed by atoms with van der Waals surface area (Å²) in [7, 11) is 0. The monoisotopic (exact) mass is 262 g/mol. The van der Waals surface area contributed by atoms with Crippen LogP contribution in [0.25, 0.3) is 0 Å². The Balaban J connectivity index is 2.03. The van der Waals surface area contributed by atoms with Crippen molar-refractivity contribution >= 4 is 17.6 Å². The van der Waals surface area contributed by atoms with Gasteiger partial charge in [0.25, 0.3) is 0 Å². The van der Waals surface area contributed by atoms with E-state index in [9.17, 15) is 9.59 Å². The van der Waals surface area contributed by atoms with Crippen molar-refractivity contribution in [2.24, 2.45) is 0 Å². The molecule has 0 aromatic heterocycles. The van der Waals surface area contributed by atoms with Crippen LogP contribution in [0.5, 0.6) is 0 Å². The fraction of sp³-hybridized carbons (Fsp3) is 0.429. The van der Waals surface area contributed by atoms with Gasteiger partial charge in [0, 0.05) is 18.3 Å². The number of rotatable bonds is 5. The predicted molar refractivity (Wildman–Crippen MR) is 72.1 cm³/mol. The van der Waals surface area contributed by atoms with Crippen LogP contribution in [-0.2, 0) is 9.59 Å². The van der Waals surface area contributed by atoms with Gasteiger partial charge in [-0.1, -0.05) is 25.1 Å². The third-order valence-corrected chi connectivity index (χ3v) is 3.41. The average molecular weight is 262 g/mol. The number of carbonyl (C=O) groups excluding carboxylic acids is 1. The van der Waals surface area contributed by atoms with Crippen molar-refractivity contribution in [2.45, 2.75) is 31.7 Å². The van der Waals surface area contributed by atoms with Crippen molar-refractivity contribution < 1.29 is 14.7 Å². The number of anilines is 1. The molecule has 0 fully saturated rings. The first-order chi connectivity index (χ1) is 9.11. The van der Waals surface area contributed by atoms with Crippen LogP contribution in [0.3, 0.4) is 0 Å². The second-order valence-electron chi connectivity index (χ2n) is 4.73. The molecule has 3 N–H and O–H groups in total. The van der Waals surface area contributed by atoms with Gasteiger partial charge in [-0.25, -0.2) is 0 Å². The lowest BCUT2D eigenvalue weighted by Crippen LogP contribution is -2.39. The predicted octanol–water partition coefficient (Wildman–Crippen LogP) is 1.57. The number of carboxylic acid groups (broad SMARTS) is 1. The Labute approximate surface area is 112 Å². The van der Waals surface area contributed by atoms with Crippen LogP contribution in [-0.4, -0.2) is 29.6 Å². The minimum Gasteiger partial charge on any atom is -0.481 e. The van der Waals surface area contributed by atoms with E-state index in [0.29, 0.717) is 13.0 Å². The Morgan fingerprint density at radius 3 is 2.89 bits per heavy atom. The highest BCUT2D eigenvalue weighted by Crippen LogP contribution is 2.31. The zero-order valence-corrected chi connectivity index (χ0v) is 10.8. The molecule has 1 aliphatic heterocycles. The molecule has 5 heteroatoms. The molecule has 19 heavy (non-hydrogen) atoms. The highest BCUT2D eigenvalue weighted by molar-refractivity contribution is 5.88. The highest BCUT2D eigenvalue weighted by atomic mass is 16.4. The molecule has 0 aliphatic carbocycles. The lowest BCUT2D eigenvalue weighted by molar-refractivity contribution is -0.137. The van der Waals surface area contributed by atoms with E-state index in [-0.39, 0.29) is 24.3 Å². The van der Waals surface area contributed by atoms with Gasteiger partial charge >= 0.3 is 5.97 Å². The lowest BCUT2D eigenvalue weighted by atomic mass is 9.99. The fourth-order valence-electron chi connectivity index (χ4n) is 2.33. The van der Waals surface area contributed by atoms with E-state index in [4.69, 9.17) is 5.11 Å². The SMILES string of the molecule is CCC(CC(=O)O)NC(=O)C1CNc2ccccc21. The highest BCUT2D eigenvalue weighted by Gasteiger charge is 2.29. The Bertz CT molecular complexity index is 487. The molecular weight excluding hydrogens is 244 g/mol. The molecule has 0 saturated carbocycles. The Morgan fingerprint density at radius 1 is 1.47 bits per heavy atom. The number of nitrogens with one attached hydrogen (secondary N) is 2. The summed E-state index contributed by atoms with van der Waals surface area (Å²) in [6, 6.07) is 7.39. The first-order valence-corrected chi connectivity index (χ1v) is 6.46. The van der Waals surface area contributed by atoms with E-state index in [2.05, 4.69) is 10.6 Å². The maximum Gasteiger partial charge on any atom is 0.305 e. The number of benzene rings is 1. The van der Waals surface area contributed by atoms with Crippen LogP contribution in [0.2, 0.25) is 0 Å². The van der Waals surface area contributed by atoms with Gasteiger partial charge in [0.2, 0.25) is 5.91 Å². The number of amides is 1. The van der Waals surface area contributed by atoms with Crippen molar-refractivity contribution in [1.29, 1.82) is 0 Å². The summed E-state index contributed by atoms with van der Waals surface area (Å²) in [4.78, 5) is 22.9. The van der Waals surface area contributed by atoms with Gasteiger partial charge in [-0.3, -0.25) is 9.59 Å². The quantitative estimate of drug-likeness (QED) is 0.752. The topological polar surface area (TPSA) is 78.4 Å². The molecule has 102 valence electrons. The van der Waals surface area contributed by atoms with Gasteiger partial charge in [0.15, 0.2) is 0 Å². The molecule has 2 rings (SSSR count). The number of fused-ring (bicyclic) bond motifs is 1. The number of hydrogen-bond donors (Lipinski definition) is 3. The number of aliphatic carboxylic acids is 1. The van der Waals surface area contributed by atoms with Crippen molar-refractivity contribution in [1.82, 2.24) is 5.32 Å². The molecule has 1 aliphatic rings. The summed E-state index contributed by atoms with van der Waals surface area (Å²) in [6.07, 6.45) is 0.573. The van der Waals surface area contributed by atoms with Gasteiger partial charge < -0.3 is 15.7 Å². The molecule has 1 aromatic rings. The van der Waals surface area contributed by atoms with Crippen molar-refractivity contribution in [3.63, 3.8) is 0 Å². The van der Waals surface area contributed by atoms with Crippen LogP contribution in [0.4, 0.5) is 5.69 Å². The molecule has 2 unspecified atom stereocenters. The van der Waals surface area contributed by atoms with Gasteiger partial charge in [-0.2, -0.15) is 0 Å². The van der Waals surface area contributed by atoms with E-state index in [0.717, 1.165) is 11.3 Å². The van der Waals surface area contributed by atoms with Crippen molar-refractivity contribution in [2.75, 3.05) is 11.9 Å². The molecule has 1 aromatic carbocycles. The van der Waals surface area contributed by atoms with Gasteiger partial charge in [0.05, 0.1) is 12.3 Å². The molecule has 0 radical (unpaired) electrons. The standard InChI is InChI=1S/C14H18N2O3/c1-2-9(7-13(17)18)16-14(19)11-8-15-12-6-4-3-5-10(11)12/h3-6,9,11,15H,2,7-8H2,1H3,(H,16,19)(H,17,18). The lowest BCUT2D eigenvalue weighted by Gasteiger charge is -2.18. The fourth-order valence-corrected chi connectivity index (χ4v) is 2.33. The van der Waals surface area contributed by atoms with Crippen LogP contribution >= 0.6 is 0 Å². The summed E-state index contributed by atoms with van der Waals surface area (Å²) in [5.41, 5.74) is 1.96. The van der Waals surface area contributed by atoms with Crippen LogP contribution in [0.1, 0.15) is 31.2 Å². The van der Waals surface area contributed by atoms with Crippen LogP contribution in [0, 0.1) is 0 Å². The Hall–Kier alpha value is -2.04. The van der Waals surface area contributed by atoms with E-state index in [1.54, 1.807) is 0 Å².